The number of aromatic nitrogens is 1. The number of hydrogen-bond acceptors (Lipinski definition) is 4. The van der Waals surface area contributed by atoms with Gasteiger partial charge in [-0.15, -0.1) is 0 Å². The van der Waals surface area contributed by atoms with Crippen molar-refractivity contribution in [2.75, 3.05) is 11.9 Å². The molecule has 4 rings (SSSR count). The number of rotatable bonds is 6. The van der Waals surface area contributed by atoms with Crippen molar-refractivity contribution < 1.29 is 14.4 Å². The molecule has 5 nitrogen and oxygen atoms in total. The van der Waals surface area contributed by atoms with Gasteiger partial charge in [-0.1, -0.05) is 62.8 Å². The van der Waals surface area contributed by atoms with Crippen LogP contribution in [0.25, 0.3) is 11.1 Å². The molecule has 2 aromatic carbocycles. The van der Waals surface area contributed by atoms with E-state index in [0.29, 0.717) is 6.42 Å². The van der Waals surface area contributed by atoms with E-state index < -0.39 is 5.41 Å². The van der Waals surface area contributed by atoms with E-state index in [1.807, 2.05) is 56.3 Å². The number of carbonyl (C=O) groups is 1. The van der Waals surface area contributed by atoms with Crippen LogP contribution in [0.3, 0.4) is 0 Å². The Morgan fingerprint density at radius 1 is 1.12 bits per heavy atom. The van der Waals surface area contributed by atoms with Gasteiger partial charge in [0.25, 0.3) is 0 Å². The second-order valence-electron chi connectivity index (χ2n) is 8.58. The summed E-state index contributed by atoms with van der Waals surface area (Å²) in [5.41, 5.74) is 4.61. The molecule has 32 heavy (non-hydrogen) atoms. The lowest BCUT2D eigenvalue weighted by Gasteiger charge is -2.33. The van der Waals surface area contributed by atoms with E-state index in [2.05, 4.69) is 30.4 Å². The molecule has 6 heteroatoms. The van der Waals surface area contributed by atoms with Crippen molar-refractivity contribution in [2.24, 2.45) is 11.8 Å². The summed E-state index contributed by atoms with van der Waals surface area (Å²) in [7, 11) is 0. The van der Waals surface area contributed by atoms with Gasteiger partial charge in [-0.25, -0.2) is 0 Å². The Hall–Kier alpha value is -2.57. The average Bonchev–Trinajstić information content (AvgIpc) is 3.22. The average molecular weight is 455 g/mol. The lowest BCUT2D eigenvalue weighted by atomic mass is 9.68. The number of nitrogens with one attached hydrogen (secondary N) is 1. The highest BCUT2D eigenvalue weighted by atomic mass is 32.1. The molecule has 1 aliphatic rings. The monoisotopic (exact) mass is 454 g/mol. The van der Waals surface area contributed by atoms with Gasteiger partial charge in [-0.3, -0.25) is 4.79 Å². The predicted molar refractivity (Wildman–Crippen MR) is 134 cm³/mol. The first kappa shape index (κ1) is 25.7. The molecule has 2 N–H and O–H groups in total. The minimum atomic E-state index is -0.858. The largest absolute Gasteiger partial charge is 0.396 e. The molecule has 2 heterocycles. The molecule has 0 fully saturated rings. The summed E-state index contributed by atoms with van der Waals surface area (Å²) in [5, 5.41) is 17.3. The minimum absolute atomic E-state index is 0. The van der Waals surface area contributed by atoms with Crippen molar-refractivity contribution in [2.45, 2.75) is 47.0 Å². The number of benzene rings is 2. The summed E-state index contributed by atoms with van der Waals surface area (Å²) >= 11 is 0. The molecule has 0 bridgehead atoms. The minimum Gasteiger partial charge on any atom is -0.396 e. The van der Waals surface area contributed by atoms with Gasteiger partial charge in [0.2, 0.25) is 5.91 Å². The Morgan fingerprint density at radius 2 is 1.81 bits per heavy atom. The lowest BCUT2D eigenvalue weighted by molar-refractivity contribution is -0.120. The fraction of sp³-hybridized carbons (Fsp3) is 0.385. The van der Waals surface area contributed by atoms with Crippen molar-refractivity contribution in [3.05, 3.63) is 71.1 Å². The SMILES string of the molecule is C.Cc1noc(C)c1-c1ccc2c(c1)C(C[C@H](CO)C(C)C)(c1ccccc1)C(=O)N2.S. The third-order valence-electron chi connectivity index (χ3n) is 6.45. The van der Waals surface area contributed by atoms with Gasteiger partial charge in [0.15, 0.2) is 0 Å². The first-order valence-corrected chi connectivity index (χ1v) is 10.4. The summed E-state index contributed by atoms with van der Waals surface area (Å²) in [5.74, 6) is 0.951. The molecule has 3 aromatic rings. The van der Waals surface area contributed by atoms with E-state index in [0.717, 1.165) is 39.4 Å². The fourth-order valence-corrected chi connectivity index (χ4v) is 4.64. The molecule has 172 valence electrons. The van der Waals surface area contributed by atoms with Crippen LogP contribution < -0.4 is 5.32 Å². The van der Waals surface area contributed by atoms with Crippen LogP contribution in [-0.2, 0) is 10.2 Å². The smallest absolute Gasteiger partial charge is 0.239 e. The topological polar surface area (TPSA) is 75.4 Å². The van der Waals surface area contributed by atoms with Gasteiger partial charge in [0, 0.05) is 17.9 Å². The molecule has 1 unspecified atom stereocenters. The summed E-state index contributed by atoms with van der Waals surface area (Å²) in [6, 6.07) is 15.9. The Labute approximate surface area is 197 Å². The van der Waals surface area contributed by atoms with Crippen LogP contribution in [-0.4, -0.2) is 22.8 Å². The van der Waals surface area contributed by atoms with Crippen LogP contribution in [0.4, 0.5) is 5.69 Å². The molecule has 0 aliphatic carbocycles. The number of aryl methyl sites for hydroxylation is 2. The van der Waals surface area contributed by atoms with Crippen molar-refractivity contribution in [1.82, 2.24) is 5.16 Å². The zero-order valence-corrected chi connectivity index (χ0v) is 19.4. The van der Waals surface area contributed by atoms with Crippen molar-refractivity contribution >= 4 is 25.1 Å². The maximum atomic E-state index is 13.5. The number of amides is 1. The number of hydrogen-bond donors (Lipinski definition) is 2. The van der Waals surface area contributed by atoms with Crippen molar-refractivity contribution in [3.63, 3.8) is 0 Å². The third kappa shape index (κ3) is 4.09. The summed E-state index contributed by atoms with van der Waals surface area (Å²) in [6.07, 6.45) is 0.537. The van der Waals surface area contributed by atoms with Gasteiger partial charge in [0.1, 0.15) is 11.2 Å². The van der Waals surface area contributed by atoms with Crippen LogP contribution in [0.1, 0.15) is 50.3 Å². The van der Waals surface area contributed by atoms with Crippen LogP contribution in [0, 0.1) is 25.7 Å². The first-order chi connectivity index (χ1) is 14.4. The predicted octanol–water partition coefficient (Wildman–Crippen LogP) is 5.60. The Balaban J connectivity index is 0.00000181. The van der Waals surface area contributed by atoms with Crippen molar-refractivity contribution in [1.29, 1.82) is 0 Å². The molecule has 1 aromatic heterocycles. The highest BCUT2D eigenvalue weighted by Gasteiger charge is 2.49. The molecule has 0 saturated heterocycles. The summed E-state index contributed by atoms with van der Waals surface area (Å²) in [4.78, 5) is 13.5. The number of aliphatic hydroxyl groups is 1. The van der Waals surface area contributed by atoms with Crippen molar-refractivity contribution in [3.8, 4) is 11.1 Å². The molecular weight excluding hydrogens is 420 g/mol. The zero-order chi connectivity index (χ0) is 21.5. The Kier molecular flexibility index (Phi) is 7.97. The van der Waals surface area contributed by atoms with Gasteiger partial charge in [0.05, 0.1) is 5.69 Å². The second kappa shape index (κ2) is 9.92. The van der Waals surface area contributed by atoms with Gasteiger partial charge in [-0.05, 0) is 60.9 Å². The number of nitrogens with zero attached hydrogens (tertiary/aromatic N) is 1. The van der Waals surface area contributed by atoms with Gasteiger partial charge in [-0.2, -0.15) is 13.5 Å². The van der Waals surface area contributed by atoms with Gasteiger partial charge < -0.3 is 14.9 Å². The van der Waals surface area contributed by atoms with Crippen LogP contribution in [0.15, 0.2) is 53.1 Å². The molecular formula is C26H34N2O3S. The molecule has 0 spiro atoms. The molecule has 1 amide bonds. The van der Waals surface area contributed by atoms with Crippen LogP contribution in [0.5, 0.6) is 0 Å². The highest BCUT2D eigenvalue weighted by molar-refractivity contribution is 7.59. The summed E-state index contributed by atoms with van der Waals surface area (Å²) in [6.45, 7) is 8.05. The Bertz CT molecular complexity index is 1060. The van der Waals surface area contributed by atoms with E-state index in [9.17, 15) is 9.90 Å². The van der Waals surface area contributed by atoms with E-state index >= 15 is 0 Å². The van der Waals surface area contributed by atoms with E-state index in [1.54, 1.807) is 0 Å². The quantitative estimate of drug-likeness (QED) is 0.508. The van der Waals surface area contributed by atoms with E-state index in [1.165, 1.54) is 0 Å². The number of fused-ring (bicyclic) bond motifs is 1. The molecule has 0 saturated carbocycles. The summed E-state index contributed by atoms with van der Waals surface area (Å²) < 4.78 is 5.37. The highest BCUT2D eigenvalue weighted by Crippen LogP contribution is 2.49. The second-order valence-corrected chi connectivity index (χ2v) is 8.58. The lowest BCUT2D eigenvalue weighted by Crippen LogP contribution is -2.39. The normalized spacial score (nSPS) is 17.9. The maximum Gasteiger partial charge on any atom is 0.239 e. The number of aliphatic hydroxyl groups excluding tert-OH is 1. The van der Waals surface area contributed by atoms with Crippen LogP contribution in [0.2, 0.25) is 0 Å². The zero-order valence-electron chi connectivity index (χ0n) is 18.4. The fourth-order valence-electron chi connectivity index (χ4n) is 4.64. The molecule has 1 aliphatic heterocycles. The third-order valence-corrected chi connectivity index (χ3v) is 6.45. The molecule has 0 radical (unpaired) electrons. The first-order valence-electron chi connectivity index (χ1n) is 10.4. The van der Waals surface area contributed by atoms with E-state index in [-0.39, 0.29) is 45.3 Å². The number of carbonyl (C=O) groups excluding carboxylic acids is 1. The Morgan fingerprint density at radius 3 is 2.38 bits per heavy atom. The van der Waals surface area contributed by atoms with Gasteiger partial charge >= 0.3 is 0 Å². The van der Waals surface area contributed by atoms with E-state index in [4.69, 9.17) is 4.52 Å². The molecule has 2 atom stereocenters. The van der Waals surface area contributed by atoms with Crippen LogP contribution >= 0.6 is 13.5 Å². The standard InChI is InChI=1S/C25H28N2O3.CH4.H2S/c1-15(2)19(14-28)13-25(20-8-6-5-7-9-20)21-12-18(10-11-22(21)26-24(25)29)23-16(3)27-30-17(23)4;;/h5-12,15,19,28H,13-14H2,1-4H3,(H,26,29);1H4;1H2/t19-,25?;;/m1../s1. The maximum absolute atomic E-state index is 13.5. The number of anilines is 1.